The monoisotopic (exact) mass is 185 g/mol. The van der Waals surface area contributed by atoms with Crippen molar-refractivity contribution in [3.63, 3.8) is 0 Å². The topological polar surface area (TPSA) is 33.0 Å². The molecule has 1 aliphatic rings. The van der Waals surface area contributed by atoms with Crippen LogP contribution in [0.2, 0.25) is 0 Å². The lowest BCUT2D eigenvalue weighted by molar-refractivity contribution is 0.339. The Hall–Kier alpha value is -1.75. The molecule has 0 atom stereocenters. The van der Waals surface area contributed by atoms with Crippen molar-refractivity contribution in [1.29, 1.82) is 5.26 Å². The van der Waals surface area contributed by atoms with Crippen molar-refractivity contribution >= 4 is 5.57 Å². The van der Waals surface area contributed by atoms with Crippen LogP contribution in [0.5, 0.6) is 0 Å². The van der Waals surface area contributed by atoms with Gasteiger partial charge >= 0.3 is 0 Å². The molecule has 14 heavy (non-hydrogen) atoms. The van der Waals surface area contributed by atoms with E-state index in [2.05, 4.69) is 6.07 Å². The molecule has 2 nitrogen and oxygen atoms in total. The number of hydrogen-bond acceptors (Lipinski definition) is 2. The van der Waals surface area contributed by atoms with Gasteiger partial charge in [0.2, 0.25) is 0 Å². The lowest BCUT2D eigenvalue weighted by Crippen LogP contribution is -1.83. The molecule has 1 aromatic rings. The number of nitrogens with zero attached hydrogens (tertiary/aromatic N) is 1. The normalized spacial score (nSPS) is 16.4. The van der Waals surface area contributed by atoms with Crippen LogP contribution in [0.25, 0.3) is 5.57 Å². The Morgan fingerprint density at radius 2 is 2.29 bits per heavy atom. The third-order valence-corrected chi connectivity index (χ3v) is 2.50. The molecule has 2 heteroatoms. The molecule has 0 amide bonds. The third-order valence-electron chi connectivity index (χ3n) is 2.50. The minimum atomic E-state index is 0.738. The minimum Gasteiger partial charge on any atom is -0.504 e. The van der Waals surface area contributed by atoms with E-state index in [0.717, 1.165) is 18.4 Å². The van der Waals surface area contributed by atoms with Crippen LogP contribution in [-0.2, 0) is 11.2 Å². The second kappa shape index (κ2) is 3.55. The van der Waals surface area contributed by atoms with Crippen molar-refractivity contribution in [1.82, 2.24) is 0 Å². The largest absolute Gasteiger partial charge is 0.504 e. The van der Waals surface area contributed by atoms with E-state index in [1.807, 2.05) is 18.2 Å². The SMILES string of the molecule is CO/C=C1\CCc2cc(C#N)ccc21. The van der Waals surface area contributed by atoms with Gasteiger partial charge in [0, 0.05) is 0 Å². The second-order valence-electron chi connectivity index (χ2n) is 3.36. The predicted molar refractivity (Wildman–Crippen MR) is 54.5 cm³/mol. The van der Waals surface area contributed by atoms with Crippen LogP contribution in [0.4, 0.5) is 0 Å². The molecule has 1 aromatic carbocycles. The molecule has 0 unspecified atom stereocenters. The van der Waals surface area contributed by atoms with E-state index in [1.54, 1.807) is 13.4 Å². The lowest BCUT2D eigenvalue weighted by Gasteiger charge is -2.00. The van der Waals surface area contributed by atoms with Gasteiger partial charge < -0.3 is 4.74 Å². The van der Waals surface area contributed by atoms with Gasteiger partial charge in [-0.2, -0.15) is 5.26 Å². The zero-order valence-electron chi connectivity index (χ0n) is 8.08. The van der Waals surface area contributed by atoms with Crippen molar-refractivity contribution in [2.24, 2.45) is 0 Å². The molecule has 0 N–H and O–H groups in total. The molecule has 0 heterocycles. The summed E-state index contributed by atoms with van der Waals surface area (Å²) >= 11 is 0. The first kappa shape index (κ1) is 8.83. The zero-order valence-corrected chi connectivity index (χ0v) is 8.08. The zero-order chi connectivity index (χ0) is 9.97. The molecule has 0 aliphatic heterocycles. The number of nitriles is 1. The summed E-state index contributed by atoms with van der Waals surface area (Å²) in [5, 5.41) is 8.75. The standard InChI is InChI=1S/C12H11NO/c1-14-8-11-4-3-10-6-9(7-13)2-5-12(10)11/h2,5-6,8H,3-4H2,1H3/b11-8+. The number of aryl methyl sites for hydroxylation is 1. The van der Waals surface area contributed by atoms with E-state index in [0.29, 0.717) is 0 Å². The summed E-state index contributed by atoms with van der Waals surface area (Å²) in [7, 11) is 1.66. The van der Waals surface area contributed by atoms with Crippen LogP contribution in [0.3, 0.4) is 0 Å². The average molecular weight is 185 g/mol. The minimum absolute atomic E-state index is 0.738. The molecular weight excluding hydrogens is 174 g/mol. The van der Waals surface area contributed by atoms with E-state index in [4.69, 9.17) is 10.00 Å². The van der Waals surface area contributed by atoms with Crippen LogP contribution < -0.4 is 0 Å². The summed E-state index contributed by atoms with van der Waals surface area (Å²) in [6.07, 6.45) is 3.82. The number of benzene rings is 1. The van der Waals surface area contributed by atoms with Gasteiger partial charge in [-0.3, -0.25) is 0 Å². The van der Waals surface area contributed by atoms with Gasteiger partial charge in [0.25, 0.3) is 0 Å². The fourth-order valence-electron chi connectivity index (χ4n) is 1.85. The third kappa shape index (κ3) is 1.38. The van der Waals surface area contributed by atoms with Crippen molar-refractivity contribution in [3.05, 3.63) is 41.2 Å². The highest BCUT2D eigenvalue weighted by atomic mass is 16.5. The molecule has 0 spiro atoms. The number of hydrogen-bond donors (Lipinski definition) is 0. The highest BCUT2D eigenvalue weighted by Gasteiger charge is 2.16. The number of methoxy groups -OCH3 is 1. The maximum absolute atomic E-state index is 8.75. The first-order valence-corrected chi connectivity index (χ1v) is 4.60. The molecule has 0 aromatic heterocycles. The van der Waals surface area contributed by atoms with Gasteiger partial charge in [-0.1, -0.05) is 6.07 Å². The van der Waals surface area contributed by atoms with Crippen molar-refractivity contribution in [2.75, 3.05) is 7.11 Å². The maximum Gasteiger partial charge on any atom is 0.0991 e. The van der Waals surface area contributed by atoms with Gasteiger partial charge in [-0.15, -0.1) is 0 Å². The van der Waals surface area contributed by atoms with E-state index < -0.39 is 0 Å². The first-order chi connectivity index (χ1) is 6.85. The predicted octanol–water partition coefficient (Wildman–Crippen LogP) is 2.49. The van der Waals surface area contributed by atoms with E-state index in [-0.39, 0.29) is 0 Å². The van der Waals surface area contributed by atoms with E-state index in [1.165, 1.54) is 16.7 Å². The second-order valence-corrected chi connectivity index (χ2v) is 3.36. The molecule has 0 saturated carbocycles. The van der Waals surface area contributed by atoms with Crippen molar-refractivity contribution in [2.45, 2.75) is 12.8 Å². The van der Waals surface area contributed by atoms with Crippen LogP contribution in [0.1, 0.15) is 23.1 Å². The molecule has 1 aliphatic carbocycles. The summed E-state index contributed by atoms with van der Waals surface area (Å²) in [6, 6.07) is 7.98. The Labute approximate surface area is 83.4 Å². The average Bonchev–Trinajstić information content (AvgIpc) is 2.61. The number of ether oxygens (including phenoxy) is 1. The Balaban J connectivity index is 2.44. The summed E-state index contributed by atoms with van der Waals surface area (Å²) in [5.74, 6) is 0. The van der Waals surface area contributed by atoms with Gasteiger partial charge in [-0.05, 0) is 41.7 Å². The fourth-order valence-corrected chi connectivity index (χ4v) is 1.85. The molecular formula is C12H11NO. The maximum atomic E-state index is 8.75. The molecule has 0 fully saturated rings. The van der Waals surface area contributed by atoms with Crippen molar-refractivity contribution in [3.8, 4) is 6.07 Å². The Morgan fingerprint density at radius 3 is 3.00 bits per heavy atom. The van der Waals surface area contributed by atoms with Crippen LogP contribution in [0, 0.1) is 11.3 Å². The van der Waals surface area contributed by atoms with Gasteiger partial charge in [0.1, 0.15) is 0 Å². The number of allylic oxidation sites excluding steroid dienone is 1. The molecule has 2 rings (SSSR count). The number of fused-ring (bicyclic) bond motifs is 1. The van der Waals surface area contributed by atoms with Crippen LogP contribution in [0.15, 0.2) is 24.5 Å². The number of rotatable bonds is 1. The van der Waals surface area contributed by atoms with Gasteiger partial charge in [0.15, 0.2) is 0 Å². The molecule has 0 radical (unpaired) electrons. The highest BCUT2D eigenvalue weighted by Crippen LogP contribution is 2.32. The molecule has 0 saturated heterocycles. The molecule has 0 bridgehead atoms. The van der Waals surface area contributed by atoms with Crippen LogP contribution in [-0.4, -0.2) is 7.11 Å². The summed E-state index contributed by atoms with van der Waals surface area (Å²) in [4.78, 5) is 0. The smallest absolute Gasteiger partial charge is 0.0991 e. The Kier molecular flexibility index (Phi) is 2.24. The summed E-state index contributed by atoms with van der Waals surface area (Å²) < 4.78 is 5.01. The first-order valence-electron chi connectivity index (χ1n) is 4.60. The Bertz CT molecular complexity index is 426. The summed E-state index contributed by atoms with van der Waals surface area (Å²) in [5.41, 5.74) is 4.45. The molecule has 70 valence electrons. The van der Waals surface area contributed by atoms with E-state index >= 15 is 0 Å². The highest BCUT2D eigenvalue weighted by molar-refractivity contribution is 5.72. The van der Waals surface area contributed by atoms with E-state index in [9.17, 15) is 0 Å². The quantitative estimate of drug-likeness (QED) is 0.630. The lowest BCUT2D eigenvalue weighted by atomic mass is 10.1. The van der Waals surface area contributed by atoms with Crippen molar-refractivity contribution < 1.29 is 4.74 Å². The fraction of sp³-hybridized carbons (Fsp3) is 0.250. The van der Waals surface area contributed by atoms with Gasteiger partial charge in [-0.25, -0.2) is 0 Å². The van der Waals surface area contributed by atoms with Gasteiger partial charge in [0.05, 0.1) is 25.0 Å². The van der Waals surface area contributed by atoms with Crippen LogP contribution >= 0.6 is 0 Å². The Morgan fingerprint density at radius 1 is 1.43 bits per heavy atom. The summed E-state index contributed by atoms with van der Waals surface area (Å²) in [6.45, 7) is 0.